The molecule has 0 amide bonds. The Morgan fingerprint density at radius 3 is 2.17 bits per heavy atom. The van der Waals surface area contributed by atoms with Crippen molar-refractivity contribution in [2.45, 2.75) is 12.7 Å². The van der Waals surface area contributed by atoms with Gasteiger partial charge in [-0.1, -0.05) is 23.2 Å². The molecular weight excluding hydrogens is 215 g/mol. The van der Waals surface area contributed by atoms with Crippen molar-refractivity contribution in [2.75, 3.05) is 6.26 Å². The standard InChI is InChI=1S/C7H8Cl2N2S/c1-4-6(8)10-5(3-12-2)11-7(4)9/h3H2,1-2H3. The minimum absolute atomic E-state index is 0.444. The van der Waals surface area contributed by atoms with Gasteiger partial charge in [-0.2, -0.15) is 11.8 Å². The molecule has 0 atom stereocenters. The highest BCUT2D eigenvalue weighted by molar-refractivity contribution is 7.97. The van der Waals surface area contributed by atoms with E-state index in [1.54, 1.807) is 18.7 Å². The molecule has 0 saturated carbocycles. The summed E-state index contributed by atoms with van der Waals surface area (Å²) in [6.45, 7) is 1.80. The third-order valence-electron chi connectivity index (χ3n) is 1.35. The molecular formula is C7H8Cl2N2S. The quantitative estimate of drug-likeness (QED) is 0.721. The molecule has 0 N–H and O–H groups in total. The third-order valence-corrected chi connectivity index (χ3v) is 2.63. The Balaban J connectivity index is 3.04. The minimum Gasteiger partial charge on any atom is -0.220 e. The molecule has 0 aliphatic rings. The molecule has 12 heavy (non-hydrogen) atoms. The molecule has 0 aliphatic heterocycles. The van der Waals surface area contributed by atoms with Crippen molar-refractivity contribution in [1.29, 1.82) is 0 Å². The van der Waals surface area contributed by atoms with Crippen LogP contribution in [-0.2, 0) is 5.75 Å². The first-order valence-electron chi connectivity index (χ1n) is 3.32. The van der Waals surface area contributed by atoms with Crippen molar-refractivity contribution in [3.63, 3.8) is 0 Å². The zero-order valence-electron chi connectivity index (χ0n) is 6.77. The molecule has 0 radical (unpaired) electrons. The zero-order valence-corrected chi connectivity index (χ0v) is 9.09. The van der Waals surface area contributed by atoms with E-state index < -0.39 is 0 Å². The second-order valence-electron chi connectivity index (χ2n) is 2.28. The summed E-state index contributed by atoms with van der Waals surface area (Å²) >= 11 is 13.3. The Morgan fingerprint density at radius 2 is 1.75 bits per heavy atom. The summed E-state index contributed by atoms with van der Waals surface area (Å²) in [7, 11) is 0. The number of halogens is 2. The van der Waals surface area contributed by atoms with E-state index in [2.05, 4.69) is 9.97 Å². The minimum atomic E-state index is 0.444. The number of aromatic nitrogens is 2. The van der Waals surface area contributed by atoms with Crippen LogP contribution in [0.15, 0.2) is 0 Å². The van der Waals surface area contributed by atoms with E-state index in [0.29, 0.717) is 16.1 Å². The molecule has 0 saturated heterocycles. The van der Waals surface area contributed by atoms with Crippen LogP contribution in [-0.4, -0.2) is 16.2 Å². The van der Waals surface area contributed by atoms with E-state index in [-0.39, 0.29) is 0 Å². The lowest BCUT2D eigenvalue weighted by Gasteiger charge is -2.02. The molecule has 0 unspecified atom stereocenters. The molecule has 1 heterocycles. The number of nitrogens with zero attached hydrogens (tertiary/aromatic N) is 2. The smallest absolute Gasteiger partial charge is 0.141 e. The van der Waals surface area contributed by atoms with Crippen LogP contribution in [0.25, 0.3) is 0 Å². The average Bonchev–Trinajstić information content (AvgIpc) is 2.01. The Bertz CT molecular complexity index is 268. The highest BCUT2D eigenvalue weighted by atomic mass is 35.5. The normalized spacial score (nSPS) is 10.3. The van der Waals surface area contributed by atoms with Crippen LogP contribution in [0, 0.1) is 6.92 Å². The number of hydrogen-bond donors (Lipinski definition) is 0. The maximum absolute atomic E-state index is 5.81. The van der Waals surface area contributed by atoms with Crippen molar-refractivity contribution in [1.82, 2.24) is 9.97 Å². The van der Waals surface area contributed by atoms with Crippen molar-refractivity contribution in [3.8, 4) is 0 Å². The first-order valence-corrected chi connectivity index (χ1v) is 5.47. The number of rotatable bonds is 2. The van der Waals surface area contributed by atoms with Crippen molar-refractivity contribution in [2.24, 2.45) is 0 Å². The lowest BCUT2D eigenvalue weighted by molar-refractivity contribution is 1.02. The molecule has 1 rings (SSSR count). The Labute approximate surface area is 85.7 Å². The van der Waals surface area contributed by atoms with Crippen LogP contribution in [0.5, 0.6) is 0 Å². The second kappa shape index (κ2) is 4.30. The number of hydrogen-bond acceptors (Lipinski definition) is 3. The maximum Gasteiger partial charge on any atom is 0.141 e. The molecule has 0 aliphatic carbocycles. The predicted molar refractivity (Wildman–Crippen MR) is 54.0 cm³/mol. The molecule has 0 fully saturated rings. The third kappa shape index (κ3) is 2.25. The van der Waals surface area contributed by atoms with Gasteiger partial charge in [-0.3, -0.25) is 0 Å². The molecule has 0 aromatic carbocycles. The van der Waals surface area contributed by atoms with Gasteiger partial charge in [-0.15, -0.1) is 0 Å². The average molecular weight is 223 g/mol. The lowest BCUT2D eigenvalue weighted by atomic mass is 10.4. The molecule has 0 bridgehead atoms. The first kappa shape index (κ1) is 10.1. The largest absolute Gasteiger partial charge is 0.220 e. The summed E-state index contributed by atoms with van der Waals surface area (Å²) in [4.78, 5) is 8.14. The SMILES string of the molecule is CSCc1nc(Cl)c(C)c(Cl)n1. The van der Waals surface area contributed by atoms with Gasteiger partial charge in [0.25, 0.3) is 0 Å². The van der Waals surface area contributed by atoms with Crippen LogP contribution in [0.4, 0.5) is 0 Å². The highest BCUT2D eigenvalue weighted by Gasteiger charge is 2.06. The fraction of sp³-hybridized carbons (Fsp3) is 0.429. The Hall–Kier alpha value is 0.01000. The van der Waals surface area contributed by atoms with E-state index in [9.17, 15) is 0 Å². The highest BCUT2D eigenvalue weighted by Crippen LogP contribution is 2.20. The van der Waals surface area contributed by atoms with Gasteiger partial charge in [-0.25, -0.2) is 9.97 Å². The maximum atomic E-state index is 5.81. The van der Waals surface area contributed by atoms with E-state index in [0.717, 1.165) is 11.3 Å². The Morgan fingerprint density at radius 1 is 1.25 bits per heavy atom. The summed E-state index contributed by atoms with van der Waals surface area (Å²) in [6, 6.07) is 0. The van der Waals surface area contributed by atoms with Crippen LogP contribution >= 0.6 is 35.0 Å². The summed E-state index contributed by atoms with van der Waals surface area (Å²) < 4.78 is 0. The molecule has 1 aromatic heterocycles. The zero-order chi connectivity index (χ0) is 9.14. The predicted octanol–water partition coefficient (Wildman–Crippen LogP) is 2.95. The molecule has 5 heteroatoms. The van der Waals surface area contributed by atoms with Crippen molar-refractivity contribution < 1.29 is 0 Å². The van der Waals surface area contributed by atoms with Crippen LogP contribution < -0.4 is 0 Å². The van der Waals surface area contributed by atoms with Gasteiger partial charge in [0.1, 0.15) is 16.1 Å². The summed E-state index contributed by atoms with van der Waals surface area (Å²) in [5.41, 5.74) is 0.739. The summed E-state index contributed by atoms with van der Waals surface area (Å²) in [5.74, 6) is 1.42. The topological polar surface area (TPSA) is 25.8 Å². The fourth-order valence-electron chi connectivity index (χ4n) is 0.698. The van der Waals surface area contributed by atoms with E-state index in [1.807, 2.05) is 6.26 Å². The van der Waals surface area contributed by atoms with Gasteiger partial charge in [0, 0.05) is 5.56 Å². The van der Waals surface area contributed by atoms with Gasteiger partial charge >= 0.3 is 0 Å². The molecule has 0 spiro atoms. The van der Waals surface area contributed by atoms with Crippen LogP contribution in [0.2, 0.25) is 10.3 Å². The van der Waals surface area contributed by atoms with Gasteiger partial charge in [0.15, 0.2) is 0 Å². The first-order chi connectivity index (χ1) is 5.65. The van der Waals surface area contributed by atoms with Crippen molar-refractivity contribution in [3.05, 3.63) is 21.7 Å². The summed E-state index contributed by atoms with van der Waals surface area (Å²) in [6.07, 6.45) is 1.98. The van der Waals surface area contributed by atoms with Gasteiger partial charge in [-0.05, 0) is 13.2 Å². The van der Waals surface area contributed by atoms with E-state index >= 15 is 0 Å². The number of thioether (sulfide) groups is 1. The van der Waals surface area contributed by atoms with Gasteiger partial charge < -0.3 is 0 Å². The van der Waals surface area contributed by atoms with Gasteiger partial charge in [0.2, 0.25) is 0 Å². The van der Waals surface area contributed by atoms with Crippen LogP contribution in [0.3, 0.4) is 0 Å². The van der Waals surface area contributed by atoms with E-state index in [1.165, 1.54) is 0 Å². The van der Waals surface area contributed by atoms with E-state index in [4.69, 9.17) is 23.2 Å². The second-order valence-corrected chi connectivity index (χ2v) is 3.86. The van der Waals surface area contributed by atoms with Crippen LogP contribution in [0.1, 0.15) is 11.4 Å². The fourth-order valence-corrected chi connectivity index (χ4v) is 1.51. The molecule has 66 valence electrons. The Kier molecular flexibility index (Phi) is 3.62. The molecule has 1 aromatic rings. The van der Waals surface area contributed by atoms with Crippen molar-refractivity contribution >= 4 is 35.0 Å². The lowest BCUT2D eigenvalue weighted by Crippen LogP contribution is -1.96. The summed E-state index contributed by atoms with van der Waals surface area (Å²) in [5, 5.41) is 0.887. The monoisotopic (exact) mass is 222 g/mol. The van der Waals surface area contributed by atoms with Gasteiger partial charge in [0.05, 0.1) is 5.75 Å². The molecule has 2 nitrogen and oxygen atoms in total.